The SMILES string of the molecule is Cc1c(N)sc2c(F)ccc(-c3c(Cl)c4c5c(nc(OC[C@@]67CCCN6CC(=C(F)F)C7)nc5c3F)N(CC(F)F)C(C(C)(C)CO)CO4)c12. The Bertz CT molecular complexity index is 2060. The van der Waals surface area contributed by atoms with Gasteiger partial charge in [0.1, 0.15) is 30.4 Å². The molecule has 2 aromatic carbocycles. The van der Waals surface area contributed by atoms with Crippen molar-refractivity contribution < 1.29 is 40.9 Å². The van der Waals surface area contributed by atoms with Gasteiger partial charge in [-0.2, -0.15) is 18.7 Å². The number of nitrogen functional groups attached to an aromatic ring is 1. The molecular weight excluding hydrogens is 708 g/mol. The number of halogens is 7. The quantitative estimate of drug-likeness (QED) is 0.176. The van der Waals surface area contributed by atoms with Crippen LogP contribution in [0.3, 0.4) is 0 Å². The Morgan fingerprint density at radius 2 is 2.00 bits per heavy atom. The molecule has 2 saturated heterocycles. The number of hydrogen-bond donors (Lipinski definition) is 2. The molecule has 4 aromatic rings. The number of ether oxygens (including phenoxy) is 2. The number of alkyl halides is 2. The van der Waals surface area contributed by atoms with Gasteiger partial charge in [-0.3, -0.25) is 4.90 Å². The van der Waals surface area contributed by atoms with Crippen molar-refractivity contribution in [1.29, 1.82) is 0 Å². The van der Waals surface area contributed by atoms with E-state index in [4.69, 9.17) is 26.8 Å². The molecule has 0 bridgehead atoms. The second kappa shape index (κ2) is 12.6. The molecule has 8 nitrogen and oxygen atoms in total. The fraction of sp³-hybridized carbons (Fsp3) is 0.471. The van der Waals surface area contributed by atoms with E-state index in [-0.39, 0.29) is 81.1 Å². The van der Waals surface area contributed by atoms with E-state index in [1.807, 2.05) is 4.90 Å². The number of hydrogen-bond acceptors (Lipinski definition) is 9. The molecule has 3 N–H and O–H groups in total. The first-order valence-electron chi connectivity index (χ1n) is 16.1. The molecule has 1 unspecified atom stereocenters. The molecule has 3 aliphatic rings. The normalized spacial score (nSPS) is 21.0. The molecule has 2 aromatic heterocycles. The van der Waals surface area contributed by atoms with Crippen molar-refractivity contribution in [2.75, 3.05) is 50.1 Å². The van der Waals surface area contributed by atoms with Gasteiger partial charge < -0.3 is 25.2 Å². The van der Waals surface area contributed by atoms with Crippen molar-refractivity contribution in [3.8, 4) is 22.9 Å². The molecule has 16 heteroatoms. The predicted molar refractivity (Wildman–Crippen MR) is 181 cm³/mol. The number of fused-ring (bicyclic) bond motifs is 2. The highest BCUT2D eigenvalue weighted by molar-refractivity contribution is 7.23. The van der Waals surface area contributed by atoms with E-state index in [0.717, 1.165) is 17.8 Å². The molecule has 0 spiro atoms. The summed E-state index contributed by atoms with van der Waals surface area (Å²) in [6.07, 6.45) is -3.24. The zero-order valence-corrected chi connectivity index (χ0v) is 28.9. The molecule has 2 atom stereocenters. The summed E-state index contributed by atoms with van der Waals surface area (Å²) in [4.78, 5) is 12.1. The van der Waals surface area contributed by atoms with Crippen molar-refractivity contribution in [2.45, 2.75) is 58.0 Å². The van der Waals surface area contributed by atoms with E-state index in [1.165, 1.54) is 17.0 Å². The number of anilines is 2. The number of nitrogens with two attached hydrogens (primary N) is 1. The minimum Gasteiger partial charge on any atom is -0.489 e. The lowest BCUT2D eigenvalue weighted by Crippen LogP contribution is -2.52. The molecule has 0 radical (unpaired) electrons. The summed E-state index contributed by atoms with van der Waals surface area (Å²) in [6.45, 7) is 4.03. The maximum Gasteiger partial charge on any atom is 0.319 e. The summed E-state index contributed by atoms with van der Waals surface area (Å²) in [5.41, 5.74) is 4.54. The lowest BCUT2D eigenvalue weighted by Gasteiger charge is -2.40. The number of nitrogens with zero attached hydrogens (tertiary/aromatic N) is 4. The fourth-order valence-corrected chi connectivity index (χ4v) is 8.95. The maximum atomic E-state index is 17.2. The highest BCUT2D eigenvalue weighted by Crippen LogP contribution is 2.52. The number of thiophene rings is 1. The highest BCUT2D eigenvalue weighted by atomic mass is 35.5. The summed E-state index contributed by atoms with van der Waals surface area (Å²) in [5.74, 6) is -1.77. The van der Waals surface area contributed by atoms with E-state index >= 15 is 4.39 Å². The van der Waals surface area contributed by atoms with Crippen LogP contribution < -0.4 is 20.1 Å². The monoisotopic (exact) mass is 741 g/mol. The first-order chi connectivity index (χ1) is 23.7. The predicted octanol–water partition coefficient (Wildman–Crippen LogP) is 7.95. The molecule has 0 aliphatic carbocycles. The van der Waals surface area contributed by atoms with Crippen molar-refractivity contribution >= 4 is 54.7 Å². The zero-order valence-electron chi connectivity index (χ0n) is 27.4. The molecule has 2 fully saturated rings. The van der Waals surface area contributed by atoms with Gasteiger partial charge in [0.25, 0.3) is 12.5 Å². The van der Waals surface area contributed by atoms with Gasteiger partial charge in [-0.1, -0.05) is 31.5 Å². The third-order valence-electron chi connectivity index (χ3n) is 10.4. The van der Waals surface area contributed by atoms with Crippen LogP contribution in [0, 0.1) is 24.0 Å². The van der Waals surface area contributed by atoms with Crippen LogP contribution >= 0.6 is 22.9 Å². The molecular formula is C34H34ClF6N5O3S. The molecule has 7 rings (SSSR count). The maximum absolute atomic E-state index is 17.2. The number of aliphatic hydroxyl groups is 1. The Labute approximate surface area is 292 Å². The lowest BCUT2D eigenvalue weighted by atomic mass is 9.84. The van der Waals surface area contributed by atoms with Crippen LogP contribution in [0.1, 0.15) is 38.7 Å². The van der Waals surface area contributed by atoms with Gasteiger partial charge in [0.2, 0.25) is 0 Å². The number of aliphatic hydroxyl groups excluding tert-OH is 1. The molecule has 50 heavy (non-hydrogen) atoms. The largest absolute Gasteiger partial charge is 0.489 e. The van der Waals surface area contributed by atoms with Crippen LogP contribution in [0.5, 0.6) is 11.8 Å². The van der Waals surface area contributed by atoms with Gasteiger partial charge in [-0.15, -0.1) is 11.3 Å². The summed E-state index contributed by atoms with van der Waals surface area (Å²) in [6, 6.07) is 1.26. The van der Waals surface area contributed by atoms with Gasteiger partial charge in [-0.25, -0.2) is 17.6 Å². The van der Waals surface area contributed by atoms with E-state index in [1.54, 1.807) is 20.8 Å². The third-order valence-corrected chi connectivity index (χ3v) is 11.8. The van der Waals surface area contributed by atoms with Gasteiger partial charge in [0, 0.05) is 28.5 Å². The minimum absolute atomic E-state index is 0.0126. The number of benzene rings is 2. The van der Waals surface area contributed by atoms with E-state index < -0.39 is 54.3 Å². The Kier molecular flexibility index (Phi) is 8.80. The van der Waals surface area contributed by atoms with Crippen LogP contribution in [0.25, 0.3) is 32.1 Å². The van der Waals surface area contributed by atoms with Crippen molar-refractivity contribution in [3.05, 3.63) is 46.0 Å². The Morgan fingerprint density at radius 1 is 1.24 bits per heavy atom. The summed E-state index contributed by atoms with van der Waals surface area (Å²) < 4.78 is 101. The molecule has 0 amide bonds. The second-order valence-corrected chi connectivity index (χ2v) is 15.3. The van der Waals surface area contributed by atoms with Crippen LogP contribution in [0.15, 0.2) is 23.8 Å². The number of aryl methyl sites for hydroxylation is 1. The zero-order chi connectivity index (χ0) is 35.9. The lowest BCUT2D eigenvalue weighted by molar-refractivity contribution is 0.0884. The first kappa shape index (κ1) is 34.9. The topological polar surface area (TPSA) is 97.0 Å². The Morgan fingerprint density at radius 3 is 2.70 bits per heavy atom. The van der Waals surface area contributed by atoms with E-state index in [0.29, 0.717) is 28.9 Å². The molecule has 268 valence electrons. The van der Waals surface area contributed by atoms with Crippen molar-refractivity contribution in [3.63, 3.8) is 0 Å². The first-order valence-corrected chi connectivity index (χ1v) is 17.3. The Balaban J connectivity index is 1.47. The van der Waals surface area contributed by atoms with E-state index in [9.17, 15) is 27.1 Å². The highest BCUT2D eigenvalue weighted by Gasteiger charge is 2.49. The van der Waals surface area contributed by atoms with Crippen LogP contribution in [0.4, 0.5) is 37.2 Å². The van der Waals surface area contributed by atoms with Gasteiger partial charge in [0.05, 0.1) is 44.8 Å². The van der Waals surface area contributed by atoms with Crippen LogP contribution in [0.2, 0.25) is 5.02 Å². The van der Waals surface area contributed by atoms with Crippen molar-refractivity contribution in [2.24, 2.45) is 5.41 Å². The number of aromatic nitrogens is 2. The number of rotatable bonds is 8. The molecule has 3 aliphatic heterocycles. The van der Waals surface area contributed by atoms with Gasteiger partial charge in [0.15, 0.2) is 11.6 Å². The average Bonchev–Trinajstić information content (AvgIpc) is 3.68. The van der Waals surface area contributed by atoms with Crippen LogP contribution in [-0.4, -0.2) is 77.4 Å². The molecule has 5 heterocycles. The van der Waals surface area contributed by atoms with Crippen molar-refractivity contribution in [1.82, 2.24) is 14.9 Å². The standard InChI is InChI=1S/C34H34ClF6N5O3S/c1-15-21-17(5-6-18(36)28(21)50-30(15)42)22-24(35)27-23-26(25(22)39)43-32(49-14-34-7-4-8-45(34)10-16(9-34)29(40)41)44-31(23)46(11-20(37)38)19(12-48-27)33(2,3)13-47/h5-6,19-20,47H,4,7-14,42H2,1-3H3/t19?,34-/m0/s1. The second-order valence-electron chi connectivity index (χ2n) is 13.9. The van der Waals surface area contributed by atoms with Gasteiger partial charge >= 0.3 is 6.01 Å². The van der Waals surface area contributed by atoms with Gasteiger partial charge in [-0.05, 0) is 49.9 Å². The Hall–Kier alpha value is -3.53. The van der Waals surface area contributed by atoms with E-state index in [2.05, 4.69) is 9.97 Å². The van der Waals surface area contributed by atoms with Crippen LogP contribution in [-0.2, 0) is 0 Å². The summed E-state index contributed by atoms with van der Waals surface area (Å²) in [7, 11) is 0. The summed E-state index contributed by atoms with van der Waals surface area (Å²) in [5, 5.41) is 10.7. The molecule has 0 saturated carbocycles. The third kappa shape index (κ3) is 5.51. The fourth-order valence-electron chi connectivity index (χ4n) is 7.61. The summed E-state index contributed by atoms with van der Waals surface area (Å²) >= 11 is 7.98. The smallest absolute Gasteiger partial charge is 0.319 e. The average molecular weight is 742 g/mol. The minimum atomic E-state index is -2.88.